The average Bonchev–Trinajstić information content (AvgIpc) is 2.60. The van der Waals surface area contributed by atoms with Gasteiger partial charge in [0.1, 0.15) is 5.75 Å². The standard InChI is InChI=1S/C18H26O5S/c1-3-23-18(19)17(13-14-7-5-4-6-8-14)24(20,21)16-11-9-15(22-2)10-12-16/h9-12,14,17H,3-8,13H2,1-2H3. The molecular weight excluding hydrogens is 328 g/mol. The Morgan fingerprint density at radius 2 is 1.79 bits per heavy atom. The third kappa shape index (κ3) is 4.50. The van der Waals surface area contributed by atoms with Crippen LogP contribution in [0.3, 0.4) is 0 Å². The van der Waals surface area contributed by atoms with E-state index >= 15 is 0 Å². The topological polar surface area (TPSA) is 69.7 Å². The molecule has 0 saturated heterocycles. The molecule has 0 amide bonds. The Labute approximate surface area is 144 Å². The van der Waals surface area contributed by atoms with E-state index in [1.54, 1.807) is 19.1 Å². The van der Waals surface area contributed by atoms with Crippen LogP contribution in [0.5, 0.6) is 5.75 Å². The Balaban J connectivity index is 2.26. The van der Waals surface area contributed by atoms with E-state index in [1.807, 2.05) is 0 Å². The summed E-state index contributed by atoms with van der Waals surface area (Å²) >= 11 is 0. The number of esters is 1. The summed E-state index contributed by atoms with van der Waals surface area (Å²) in [6, 6.07) is 6.16. The summed E-state index contributed by atoms with van der Waals surface area (Å²) in [6.45, 7) is 1.87. The zero-order valence-corrected chi connectivity index (χ0v) is 15.2. The minimum absolute atomic E-state index is 0.136. The van der Waals surface area contributed by atoms with Gasteiger partial charge in [-0.1, -0.05) is 32.1 Å². The summed E-state index contributed by atoms with van der Waals surface area (Å²) in [4.78, 5) is 12.5. The highest BCUT2D eigenvalue weighted by Crippen LogP contribution is 2.31. The first-order valence-electron chi connectivity index (χ1n) is 8.53. The van der Waals surface area contributed by atoms with Gasteiger partial charge in [0.15, 0.2) is 15.1 Å². The fraction of sp³-hybridized carbons (Fsp3) is 0.611. The smallest absolute Gasteiger partial charge is 0.324 e. The quantitative estimate of drug-likeness (QED) is 0.702. The molecule has 1 aromatic rings. The van der Waals surface area contributed by atoms with Crippen LogP contribution in [0.1, 0.15) is 45.4 Å². The second-order valence-corrected chi connectivity index (χ2v) is 8.33. The van der Waals surface area contributed by atoms with E-state index < -0.39 is 21.1 Å². The monoisotopic (exact) mass is 354 g/mol. The number of carbonyl (C=O) groups excluding carboxylic acids is 1. The van der Waals surface area contributed by atoms with Crippen molar-refractivity contribution in [2.75, 3.05) is 13.7 Å². The van der Waals surface area contributed by atoms with Crippen LogP contribution in [-0.4, -0.2) is 33.4 Å². The first-order chi connectivity index (χ1) is 11.5. The Kier molecular flexibility index (Phi) is 6.66. The van der Waals surface area contributed by atoms with Crippen LogP contribution in [0.2, 0.25) is 0 Å². The zero-order chi connectivity index (χ0) is 17.6. The van der Waals surface area contributed by atoms with Gasteiger partial charge in [-0.3, -0.25) is 4.79 Å². The van der Waals surface area contributed by atoms with Gasteiger partial charge >= 0.3 is 5.97 Å². The molecule has 0 aliphatic heterocycles. The van der Waals surface area contributed by atoms with Crippen LogP contribution >= 0.6 is 0 Å². The van der Waals surface area contributed by atoms with Crippen molar-refractivity contribution in [1.82, 2.24) is 0 Å². The summed E-state index contributed by atoms with van der Waals surface area (Å²) in [7, 11) is -2.26. The molecule has 0 spiro atoms. The van der Waals surface area contributed by atoms with Crippen molar-refractivity contribution in [1.29, 1.82) is 0 Å². The van der Waals surface area contributed by atoms with E-state index in [1.165, 1.54) is 25.7 Å². The zero-order valence-electron chi connectivity index (χ0n) is 14.4. The van der Waals surface area contributed by atoms with Crippen LogP contribution in [0.4, 0.5) is 0 Å². The molecule has 5 nitrogen and oxygen atoms in total. The first kappa shape index (κ1) is 18.8. The Bertz CT molecular complexity index is 630. The summed E-state index contributed by atoms with van der Waals surface area (Å²) < 4.78 is 36.1. The number of hydrogen-bond acceptors (Lipinski definition) is 5. The van der Waals surface area contributed by atoms with Gasteiger partial charge in [0.05, 0.1) is 18.6 Å². The number of rotatable bonds is 7. The molecule has 1 fully saturated rings. The molecule has 0 aromatic heterocycles. The van der Waals surface area contributed by atoms with E-state index in [0.29, 0.717) is 12.2 Å². The fourth-order valence-corrected chi connectivity index (χ4v) is 4.93. The largest absolute Gasteiger partial charge is 0.497 e. The number of benzene rings is 1. The lowest BCUT2D eigenvalue weighted by Crippen LogP contribution is -2.34. The fourth-order valence-electron chi connectivity index (χ4n) is 3.24. The predicted molar refractivity (Wildman–Crippen MR) is 91.8 cm³/mol. The Morgan fingerprint density at radius 1 is 1.17 bits per heavy atom. The number of carbonyl (C=O) groups is 1. The van der Waals surface area contributed by atoms with Crippen LogP contribution in [0, 0.1) is 5.92 Å². The third-order valence-electron chi connectivity index (χ3n) is 4.58. The second kappa shape index (κ2) is 8.51. The van der Waals surface area contributed by atoms with E-state index in [2.05, 4.69) is 0 Å². The molecule has 134 valence electrons. The molecule has 0 radical (unpaired) electrons. The number of methoxy groups -OCH3 is 1. The van der Waals surface area contributed by atoms with Crippen LogP contribution in [0.15, 0.2) is 29.2 Å². The SMILES string of the molecule is CCOC(=O)C(CC1CCCCC1)S(=O)(=O)c1ccc(OC)cc1. The molecule has 1 atom stereocenters. The lowest BCUT2D eigenvalue weighted by atomic mass is 9.86. The van der Waals surface area contributed by atoms with E-state index in [0.717, 1.165) is 25.7 Å². The first-order valence-corrected chi connectivity index (χ1v) is 10.1. The van der Waals surface area contributed by atoms with Gasteiger partial charge in [0, 0.05) is 0 Å². The van der Waals surface area contributed by atoms with E-state index in [4.69, 9.17) is 9.47 Å². The minimum Gasteiger partial charge on any atom is -0.497 e. The molecule has 6 heteroatoms. The molecule has 1 unspecified atom stereocenters. The van der Waals surface area contributed by atoms with Crippen LogP contribution in [0.25, 0.3) is 0 Å². The van der Waals surface area contributed by atoms with Crippen molar-refractivity contribution in [2.24, 2.45) is 5.92 Å². The molecule has 0 bridgehead atoms. The Morgan fingerprint density at radius 3 is 2.33 bits per heavy atom. The molecule has 1 aromatic carbocycles. The van der Waals surface area contributed by atoms with Gasteiger partial charge in [-0.25, -0.2) is 8.42 Å². The summed E-state index contributed by atoms with van der Waals surface area (Å²) in [5.74, 6) is 0.203. The van der Waals surface area contributed by atoms with Crippen molar-refractivity contribution in [2.45, 2.75) is 55.6 Å². The predicted octanol–water partition coefficient (Wildman–Crippen LogP) is 3.37. The van der Waals surface area contributed by atoms with Gasteiger partial charge in [0.25, 0.3) is 0 Å². The highest BCUT2D eigenvalue weighted by Gasteiger charge is 2.37. The number of ether oxygens (including phenoxy) is 2. The van der Waals surface area contributed by atoms with Crippen molar-refractivity contribution in [3.8, 4) is 5.75 Å². The highest BCUT2D eigenvalue weighted by molar-refractivity contribution is 7.92. The van der Waals surface area contributed by atoms with Gasteiger partial charge < -0.3 is 9.47 Å². The van der Waals surface area contributed by atoms with E-state index in [-0.39, 0.29) is 17.4 Å². The highest BCUT2D eigenvalue weighted by atomic mass is 32.2. The van der Waals surface area contributed by atoms with E-state index in [9.17, 15) is 13.2 Å². The second-order valence-electron chi connectivity index (χ2n) is 6.20. The van der Waals surface area contributed by atoms with Crippen LogP contribution < -0.4 is 4.74 Å². The lowest BCUT2D eigenvalue weighted by Gasteiger charge is -2.25. The summed E-state index contributed by atoms with van der Waals surface area (Å²) in [6.07, 6.45) is 5.69. The number of hydrogen-bond donors (Lipinski definition) is 0. The molecule has 1 saturated carbocycles. The summed E-state index contributed by atoms with van der Waals surface area (Å²) in [5, 5.41) is -1.13. The minimum atomic E-state index is -3.78. The summed E-state index contributed by atoms with van der Waals surface area (Å²) in [5.41, 5.74) is 0. The molecule has 0 heterocycles. The lowest BCUT2D eigenvalue weighted by molar-refractivity contribution is -0.143. The molecule has 24 heavy (non-hydrogen) atoms. The average molecular weight is 354 g/mol. The van der Waals surface area contributed by atoms with Gasteiger partial charge in [-0.05, 0) is 43.5 Å². The molecule has 0 N–H and O–H groups in total. The number of sulfone groups is 1. The van der Waals surface area contributed by atoms with Crippen molar-refractivity contribution >= 4 is 15.8 Å². The molecule has 1 aliphatic rings. The van der Waals surface area contributed by atoms with Crippen LogP contribution in [-0.2, 0) is 19.4 Å². The van der Waals surface area contributed by atoms with Gasteiger partial charge in [0.2, 0.25) is 0 Å². The molecular formula is C18H26O5S. The maximum Gasteiger partial charge on any atom is 0.324 e. The molecule has 2 rings (SSSR count). The molecule has 1 aliphatic carbocycles. The van der Waals surface area contributed by atoms with Gasteiger partial charge in [-0.2, -0.15) is 0 Å². The Hall–Kier alpha value is -1.56. The maximum absolute atomic E-state index is 13.0. The van der Waals surface area contributed by atoms with Crippen molar-refractivity contribution in [3.05, 3.63) is 24.3 Å². The van der Waals surface area contributed by atoms with Crippen molar-refractivity contribution in [3.63, 3.8) is 0 Å². The van der Waals surface area contributed by atoms with Crippen molar-refractivity contribution < 1.29 is 22.7 Å². The van der Waals surface area contributed by atoms with Gasteiger partial charge in [-0.15, -0.1) is 0 Å². The normalized spacial score (nSPS) is 17.2. The third-order valence-corrected chi connectivity index (χ3v) is 6.65. The maximum atomic E-state index is 13.0.